The molecule has 0 saturated heterocycles. The molecule has 0 amide bonds. The van der Waals surface area contributed by atoms with Crippen LogP contribution in [-0.4, -0.2) is 42.0 Å². The second-order valence-corrected chi connectivity index (χ2v) is 3.99. The standard InChI is InChI=1S/C12H15F2NO2/c1-8(7-16)15(2)6-12(17)10-4-3-9(13)5-11(10)14/h3-5,8,16H,6-7H2,1-2H3. The van der Waals surface area contributed by atoms with Gasteiger partial charge in [0.2, 0.25) is 0 Å². The molecule has 94 valence electrons. The van der Waals surface area contributed by atoms with Crippen molar-refractivity contribution < 1.29 is 18.7 Å². The summed E-state index contributed by atoms with van der Waals surface area (Å²) in [6.45, 7) is 1.63. The highest BCUT2D eigenvalue weighted by Crippen LogP contribution is 2.11. The van der Waals surface area contributed by atoms with Crippen LogP contribution in [0.5, 0.6) is 0 Å². The minimum absolute atomic E-state index is 0.0235. The van der Waals surface area contributed by atoms with E-state index in [-0.39, 0.29) is 24.8 Å². The SMILES string of the molecule is CC(CO)N(C)CC(=O)c1ccc(F)cc1F. The molecule has 5 heteroatoms. The van der Waals surface area contributed by atoms with Crippen LogP contribution in [0.1, 0.15) is 17.3 Å². The number of Topliss-reactive ketones (excluding diaryl/α,β-unsaturated/α-hetero) is 1. The van der Waals surface area contributed by atoms with Gasteiger partial charge in [-0.05, 0) is 26.1 Å². The molecule has 0 aliphatic carbocycles. The minimum atomic E-state index is -0.861. The Kier molecular flexibility index (Phi) is 4.72. The Bertz CT molecular complexity index is 409. The maximum absolute atomic E-state index is 13.3. The van der Waals surface area contributed by atoms with Crippen LogP contribution in [0.2, 0.25) is 0 Å². The molecule has 1 N–H and O–H groups in total. The van der Waals surface area contributed by atoms with E-state index in [4.69, 9.17) is 5.11 Å². The van der Waals surface area contributed by atoms with E-state index in [0.717, 1.165) is 12.1 Å². The molecule has 0 fully saturated rings. The molecule has 1 aromatic carbocycles. The molecule has 1 atom stereocenters. The van der Waals surface area contributed by atoms with Crippen LogP contribution in [0.4, 0.5) is 8.78 Å². The first-order valence-corrected chi connectivity index (χ1v) is 5.25. The number of rotatable bonds is 5. The van der Waals surface area contributed by atoms with Gasteiger partial charge < -0.3 is 5.11 Å². The molecule has 0 aromatic heterocycles. The summed E-state index contributed by atoms with van der Waals surface area (Å²) in [5.74, 6) is -2.01. The molecule has 0 aliphatic rings. The molecule has 0 radical (unpaired) electrons. The van der Waals surface area contributed by atoms with Crippen molar-refractivity contribution in [3.05, 3.63) is 35.4 Å². The first kappa shape index (κ1) is 13.7. The zero-order valence-electron chi connectivity index (χ0n) is 9.78. The van der Waals surface area contributed by atoms with Crippen molar-refractivity contribution in [1.82, 2.24) is 4.90 Å². The number of carbonyl (C=O) groups is 1. The lowest BCUT2D eigenvalue weighted by atomic mass is 10.1. The van der Waals surface area contributed by atoms with E-state index in [2.05, 4.69) is 0 Å². The number of hydrogen-bond acceptors (Lipinski definition) is 3. The lowest BCUT2D eigenvalue weighted by Crippen LogP contribution is -2.36. The summed E-state index contributed by atoms with van der Waals surface area (Å²) in [4.78, 5) is 13.3. The molecule has 0 heterocycles. The molecular weight excluding hydrogens is 228 g/mol. The zero-order valence-corrected chi connectivity index (χ0v) is 9.78. The van der Waals surface area contributed by atoms with E-state index in [1.165, 1.54) is 0 Å². The lowest BCUT2D eigenvalue weighted by Gasteiger charge is -2.21. The van der Waals surface area contributed by atoms with Crippen LogP contribution < -0.4 is 0 Å². The van der Waals surface area contributed by atoms with Gasteiger partial charge in [-0.15, -0.1) is 0 Å². The van der Waals surface area contributed by atoms with Gasteiger partial charge in [-0.2, -0.15) is 0 Å². The van der Waals surface area contributed by atoms with Crippen LogP contribution in [0.3, 0.4) is 0 Å². The first-order valence-electron chi connectivity index (χ1n) is 5.25. The van der Waals surface area contributed by atoms with Gasteiger partial charge >= 0.3 is 0 Å². The molecule has 1 unspecified atom stereocenters. The second-order valence-electron chi connectivity index (χ2n) is 3.99. The van der Waals surface area contributed by atoms with Crippen molar-refractivity contribution in [3.8, 4) is 0 Å². The Morgan fingerprint density at radius 1 is 1.47 bits per heavy atom. The third-order valence-corrected chi connectivity index (χ3v) is 2.64. The fourth-order valence-electron chi connectivity index (χ4n) is 1.32. The summed E-state index contributed by atoms with van der Waals surface area (Å²) < 4.78 is 26.0. The first-order chi connectivity index (χ1) is 7.95. The maximum atomic E-state index is 13.3. The highest BCUT2D eigenvalue weighted by molar-refractivity contribution is 5.97. The monoisotopic (exact) mass is 243 g/mol. The summed E-state index contributed by atoms with van der Waals surface area (Å²) in [6, 6.07) is 2.67. The van der Waals surface area contributed by atoms with Crippen LogP contribution in [-0.2, 0) is 0 Å². The number of benzene rings is 1. The predicted molar refractivity (Wildman–Crippen MR) is 59.9 cm³/mol. The van der Waals surface area contributed by atoms with Crippen molar-refractivity contribution in [3.63, 3.8) is 0 Å². The molecule has 1 rings (SSSR count). The van der Waals surface area contributed by atoms with E-state index in [0.29, 0.717) is 6.07 Å². The van der Waals surface area contributed by atoms with E-state index in [1.54, 1.807) is 18.9 Å². The fraction of sp³-hybridized carbons (Fsp3) is 0.417. The second kappa shape index (κ2) is 5.84. The molecule has 3 nitrogen and oxygen atoms in total. The van der Waals surface area contributed by atoms with Gasteiger partial charge in [0, 0.05) is 12.1 Å². The van der Waals surface area contributed by atoms with E-state index in [1.807, 2.05) is 0 Å². The van der Waals surface area contributed by atoms with Gasteiger partial charge in [0.1, 0.15) is 11.6 Å². The topological polar surface area (TPSA) is 40.5 Å². The summed E-state index contributed by atoms with van der Waals surface area (Å²) in [6.07, 6.45) is 0. The number of aliphatic hydroxyl groups excluding tert-OH is 1. The smallest absolute Gasteiger partial charge is 0.179 e. The average molecular weight is 243 g/mol. The lowest BCUT2D eigenvalue weighted by molar-refractivity contribution is 0.0886. The van der Waals surface area contributed by atoms with Crippen molar-refractivity contribution >= 4 is 5.78 Å². The largest absolute Gasteiger partial charge is 0.395 e. The Balaban J connectivity index is 2.76. The molecule has 0 bridgehead atoms. The number of hydrogen-bond donors (Lipinski definition) is 1. The fourth-order valence-corrected chi connectivity index (χ4v) is 1.32. The molecule has 0 saturated carbocycles. The van der Waals surface area contributed by atoms with E-state index >= 15 is 0 Å². The highest BCUT2D eigenvalue weighted by Gasteiger charge is 2.17. The van der Waals surface area contributed by atoms with Gasteiger partial charge in [-0.3, -0.25) is 9.69 Å². The van der Waals surface area contributed by atoms with Crippen LogP contribution >= 0.6 is 0 Å². The molecule has 0 aliphatic heterocycles. The van der Waals surface area contributed by atoms with Crippen LogP contribution in [0.15, 0.2) is 18.2 Å². The number of aliphatic hydroxyl groups is 1. The van der Waals surface area contributed by atoms with Gasteiger partial charge in [-0.1, -0.05) is 0 Å². The van der Waals surface area contributed by atoms with Crippen molar-refractivity contribution in [1.29, 1.82) is 0 Å². The Labute approximate surface area is 98.7 Å². The Hall–Kier alpha value is -1.33. The average Bonchev–Trinajstić information content (AvgIpc) is 2.27. The number of likely N-dealkylation sites (N-methyl/N-ethyl adjacent to an activating group) is 1. The van der Waals surface area contributed by atoms with Gasteiger partial charge in [0.05, 0.1) is 18.7 Å². The molecule has 1 aromatic rings. The Morgan fingerprint density at radius 3 is 2.65 bits per heavy atom. The van der Waals surface area contributed by atoms with Gasteiger partial charge in [0.25, 0.3) is 0 Å². The maximum Gasteiger partial charge on any atom is 0.179 e. The summed E-state index contributed by atoms with van der Waals surface area (Å²) >= 11 is 0. The van der Waals surface area contributed by atoms with Crippen molar-refractivity contribution in [2.24, 2.45) is 0 Å². The summed E-state index contributed by atoms with van der Waals surface area (Å²) in [5, 5.41) is 8.90. The minimum Gasteiger partial charge on any atom is -0.395 e. The number of carbonyl (C=O) groups excluding carboxylic acids is 1. The van der Waals surface area contributed by atoms with Crippen LogP contribution in [0, 0.1) is 11.6 Å². The summed E-state index contributed by atoms with van der Waals surface area (Å²) in [7, 11) is 1.65. The molecular formula is C12H15F2NO2. The third-order valence-electron chi connectivity index (χ3n) is 2.64. The number of nitrogens with zero attached hydrogens (tertiary/aromatic N) is 1. The normalized spacial score (nSPS) is 12.8. The zero-order chi connectivity index (χ0) is 13.0. The van der Waals surface area contributed by atoms with Gasteiger partial charge in [-0.25, -0.2) is 8.78 Å². The van der Waals surface area contributed by atoms with Gasteiger partial charge in [0.15, 0.2) is 5.78 Å². The van der Waals surface area contributed by atoms with E-state index < -0.39 is 17.4 Å². The third kappa shape index (κ3) is 3.57. The molecule has 17 heavy (non-hydrogen) atoms. The van der Waals surface area contributed by atoms with Crippen molar-refractivity contribution in [2.45, 2.75) is 13.0 Å². The predicted octanol–water partition coefficient (Wildman–Crippen LogP) is 1.46. The molecule has 0 spiro atoms. The summed E-state index contributed by atoms with van der Waals surface area (Å²) in [5.41, 5.74) is -0.136. The van der Waals surface area contributed by atoms with E-state index in [9.17, 15) is 13.6 Å². The quantitative estimate of drug-likeness (QED) is 0.796. The Morgan fingerprint density at radius 2 is 2.12 bits per heavy atom. The highest BCUT2D eigenvalue weighted by atomic mass is 19.1. The number of ketones is 1. The van der Waals surface area contributed by atoms with Crippen LogP contribution in [0.25, 0.3) is 0 Å². The van der Waals surface area contributed by atoms with Crippen molar-refractivity contribution in [2.75, 3.05) is 20.2 Å². The number of halogens is 2.